The van der Waals surface area contributed by atoms with Gasteiger partial charge in [0.1, 0.15) is 0 Å². The second-order valence-electron chi connectivity index (χ2n) is 5.85. The molecule has 0 spiro atoms. The topological polar surface area (TPSA) is 0 Å². The monoisotopic (exact) mass is 366 g/mol. The van der Waals surface area contributed by atoms with Crippen LogP contribution in [0.25, 0.3) is 0 Å². The predicted molar refractivity (Wildman–Crippen MR) is 105 cm³/mol. The van der Waals surface area contributed by atoms with Gasteiger partial charge in [0.2, 0.25) is 0 Å². The molecule has 2 aliphatic carbocycles. The van der Waals surface area contributed by atoms with E-state index in [0.717, 1.165) is 0 Å². The number of rotatable bonds is 0. The van der Waals surface area contributed by atoms with Gasteiger partial charge in [-0.25, -0.2) is 0 Å². The first-order valence-corrected chi connectivity index (χ1v) is 9.01. The van der Waals surface area contributed by atoms with Gasteiger partial charge in [0.05, 0.1) is 0 Å². The van der Waals surface area contributed by atoms with Crippen LogP contribution in [0.2, 0.25) is 0 Å². The predicted octanol–water partition coefficient (Wildman–Crippen LogP) is 7.34. The Bertz CT molecular complexity index is 400. The average Bonchev–Trinajstić information content (AvgIpc) is 2.48. The van der Waals surface area contributed by atoms with E-state index in [1.807, 2.05) is 18.2 Å². The minimum absolute atomic E-state index is 0. The summed E-state index contributed by atoms with van der Waals surface area (Å²) < 4.78 is 0. The van der Waals surface area contributed by atoms with Crippen molar-refractivity contribution < 1.29 is 16.5 Å². The zero-order chi connectivity index (χ0) is 16.4. The maximum absolute atomic E-state index is 2.27. The summed E-state index contributed by atoms with van der Waals surface area (Å²) >= 11 is 0. The summed E-state index contributed by atoms with van der Waals surface area (Å²) in [7, 11) is 0. The Balaban J connectivity index is 0.000000325. The van der Waals surface area contributed by atoms with E-state index in [-0.39, 0.29) is 16.5 Å². The maximum atomic E-state index is 2.27. The smallest absolute Gasteiger partial charge is 0 e. The van der Waals surface area contributed by atoms with E-state index in [1.165, 1.54) is 56.9 Å². The average molecular weight is 367 g/mol. The molecule has 1 aromatic carbocycles. The Morgan fingerprint density at radius 1 is 0.458 bits per heavy atom. The largest absolute Gasteiger partial charge is 0.0882 e. The first-order chi connectivity index (χ1) is 11.4. The summed E-state index contributed by atoms with van der Waals surface area (Å²) in [6.07, 6.45) is 28.0. The van der Waals surface area contributed by atoms with Crippen molar-refractivity contribution in [1.29, 1.82) is 0 Å². The molecule has 1 heteroatoms. The van der Waals surface area contributed by atoms with Crippen LogP contribution in [0.1, 0.15) is 56.9 Å². The Morgan fingerprint density at radius 2 is 0.708 bits per heavy atom. The van der Waals surface area contributed by atoms with Gasteiger partial charge >= 0.3 is 0 Å². The Kier molecular flexibility index (Phi) is 17.0. The molecule has 0 heterocycles. The van der Waals surface area contributed by atoms with Crippen LogP contribution in [0.4, 0.5) is 0 Å². The van der Waals surface area contributed by atoms with Crippen LogP contribution in [0.3, 0.4) is 0 Å². The van der Waals surface area contributed by atoms with Gasteiger partial charge < -0.3 is 0 Å². The van der Waals surface area contributed by atoms with Crippen molar-refractivity contribution in [2.75, 3.05) is 0 Å². The summed E-state index contributed by atoms with van der Waals surface area (Å²) in [5.41, 5.74) is 1.32. The number of allylic oxidation sites excluding steroid dienone is 8. The first-order valence-electron chi connectivity index (χ1n) is 9.01. The molecule has 0 unspecified atom stereocenters. The van der Waals surface area contributed by atoms with Gasteiger partial charge in [-0.05, 0) is 58.3 Å². The molecule has 0 radical (unpaired) electrons. The van der Waals surface area contributed by atoms with Crippen molar-refractivity contribution >= 4 is 0 Å². The van der Waals surface area contributed by atoms with E-state index < -0.39 is 0 Å². The van der Waals surface area contributed by atoms with E-state index in [4.69, 9.17) is 0 Å². The number of hydrogen-bond acceptors (Lipinski definition) is 0. The van der Waals surface area contributed by atoms with Crippen molar-refractivity contribution in [3.63, 3.8) is 0 Å². The third-order valence-corrected chi connectivity index (χ3v) is 3.61. The van der Waals surface area contributed by atoms with E-state index in [9.17, 15) is 0 Å². The van der Waals surface area contributed by atoms with E-state index in [0.29, 0.717) is 0 Å². The molecular weight excluding hydrogens is 335 g/mol. The minimum Gasteiger partial charge on any atom is -0.0882 e. The summed E-state index contributed by atoms with van der Waals surface area (Å²) in [5, 5.41) is 0. The Morgan fingerprint density at radius 3 is 0.875 bits per heavy atom. The van der Waals surface area contributed by atoms with Crippen molar-refractivity contribution in [3.8, 4) is 0 Å². The van der Waals surface area contributed by atoms with Gasteiger partial charge in [0.15, 0.2) is 0 Å². The number of benzene rings is 1. The normalized spacial score (nSPS) is 15.9. The van der Waals surface area contributed by atoms with Gasteiger partial charge in [-0.1, -0.05) is 84.5 Å². The molecular formula is C23H32Ni. The third kappa shape index (κ3) is 15.6. The standard InChI is InChI=1S/2C8H12.C7H8.Ni/c2*1-2-4-6-8-7-5-3-1;1-7-5-3-2-4-6-7;/h2*1-2,7-8H,3-6H2;2-6H,1H3;. The van der Waals surface area contributed by atoms with Crippen LogP contribution < -0.4 is 0 Å². The number of hydrogen-bond donors (Lipinski definition) is 0. The van der Waals surface area contributed by atoms with Gasteiger partial charge in [0.25, 0.3) is 0 Å². The molecule has 0 nitrogen and oxygen atoms in total. The molecule has 3 rings (SSSR count). The molecule has 0 N–H and O–H groups in total. The van der Waals surface area contributed by atoms with Crippen molar-refractivity contribution in [3.05, 3.63) is 84.5 Å². The van der Waals surface area contributed by atoms with E-state index in [2.05, 4.69) is 67.7 Å². The molecule has 2 aliphatic rings. The molecule has 0 aliphatic heterocycles. The van der Waals surface area contributed by atoms with Crippen LogP contribution in [0.15, 0.2) is 78.9 Å². The molecule has 0 atom stereocenters. The molecule has 0 amide bonds. The Labute approximate surface area is 159 Å². The second kappa shape index (κ2) is 18.0. The molecule has 0 saturated carbocycles. The van der Waals surface area contributed by atoms with Crippen molar-refractivity contribution in [1.82, 2.24) is 0 Å². The summed E-state index contributed by atoms with van der Waals surface area (Å²) in [6, 6.07) is 10.3. The number of aryl methyl sites for hydroxylation is 1. The SMILES string of the molecule is C1=CCCC=CCC1.C1=CCCC=CCC1.Cc1ccccc1.[Ni]. The van der Waals surface area contributed by atoms with Crippen LogP contribution in [0, 0.1) is 6.92 Å². The molecule has 134 valence electrons. The molecule has 0 fully saturated rings. The quantitative estimate of drug-likeness (QED) is 0.332. The first kappa shape index (κ1) is 22.7. The van der Waals surface area contributed by atoms with Gasteiger partial charge in [0, 0.05) is 16.5 Å². The maximum Gasteiger partial charge on any atom is 0 e. The fraction of sp³-hybridized carbons (Fsp3) is 0.391. The fourth-order valence-corrected chi connectivity index (χ4v) is 2.25. The van der Waals surface area contributed by atoms with E-state index in [1.54, 1.807) is 0 Å². The molecule has 24 heavy (non-hydrogen) atoms. The van der Waals surface area contributed by atoms with Crippen molar-refractivity contribution in [2.45, 2.75) is 58.3 Å². The zero-order valence-electron chi connectivity index (χ0n) is 15.0. The Hall–Kier alpha value is -1.33. The fourth-order valence-electron chi connectivity index (χ4n) is 2.25. The second-order valence-corrected chi connectivity index (χ2v) is 5.85. The van der Waals surface area contributed by atoms with Gasteiger partial charge in [-0.2, -0.15) is 0 Å². The molecule has 1 aromatic rings. The van der Waals surface area contributed by atoms with Crippen LogP contribution in [-0.4, -0.2) is 0 Å². The van der Waals surface area contributed by atoms with E-state index >= 15 is 0 Å². The van der Waals surface area contributed by atoms with Gasteiger partial charge in [-0.3, -0.25) is 0 Å². The molecule has 0 saturated heterocycles. The summed E-state index contributed by atoms with van der Waals surface area (Å²) in [6.45, 7) is 2.08. The van der Waals surface area contributed by atoms with Crippen LogP contribution in [0.5, 0.6) is 0 Å². The van der Waals surface area contributed by atoms with Crippen LogP contribution in [-0.2, 0) is 16.5 Å². The van der Waals surface area contributed by atoms with Crippen LogP contribution >= 0.6 is 0 Å². The zero-order valence-corrected chi connectivity index (χ0v) is 16.0. The summed E-state index contributed by atoms with van der Waals surface area (Å²) in [4.78, 5) is 0. The third-order valence-electron chi connectivity index (χ3n) is 3.61. The minimum atomic E-state index is 0. The molecule has 0 bridgehead atoms. The summed E-state index contributed by atoms with van der Waals surface area (Å²) in [5.74, 6) is 0. The van der Waals surface area contributed by atoms with Gasteiger partial charge in [-0.15, -0.1) is 0 Å². The van der Waals surface area contributed by atoms with Crippen molar-refractivity contribution in [2.24, 2.45) is 0 Å². The molecule has 0 aromatic heterocycles.